The average molecular weight is 415 g/mol. The predicted octanol–water partition coefficient (Wildman–Crippen LogP) is 3.38. The third-order valence-corrected chi connectivity index (χ3v) is 5.23. The van der Waals surface area contributed by atoms with Gasteiger partial charge in [-0.3, -0.25) is 9.10 Å². The zero-order valence-corrected chi connectivity index (χ0v) is 15.4. The van der Waals surface area contributed by atoms with E-state index in [1.165, 1.54) is 25.1 Å². The summed E-state index contributed by atoms with van der Waals surface area (Å²) in [6.07, 6.45) is 0.932. The Morgan fingerprint density at radius 1 is 1.17 bits per heavy atom. The summed E-state index contributed by atoms with van der Waals surface area (Å²) in [5, 5.41) is 2.64. The van der Waals surface area contributed by atoms with Crippen LogP contribution in [0.15, 0.2) is 53.0 Å². The summed E-state index contributed by atoms with van der Waals surface area (Å²) in [7, 11) is -3.87. The molecule has 1 atom stereocenters. The first kappa shape index (κ1) is 18.4. The lowest BCUT2D eigenvalue weighted by molar-refractivity contribution is -0.116. The number of carbonyl (C=O) groups excluding carboxylic acids is 1. The van der Waals surface area contributed by atoms with Gasteiger partial charge in [0.05, 0.1) is 17.6 Å². The zero-order chi connectivity index (χ0) is 17.9. The lowest BCUT2D eigenvalue weighted by Gasteiger charge is -2.28. The number of sulfonamides is 1. The van der Waals surface area contributed by atoms with Gasteiger partial charge < -0.3 is 5.32 Å². The SMILES string of the molecule is CC(C(=O)Nc1ccccc1Br)N(c1ccccc1F)S(C)(=O)=O. The number of nitrogens with zero attached hydrogens (tertiary/aromatic N) is 1. The van der Waals surface area contributed by atoms with Crippen molar-refractivity contribution in [3.63, 3.8) is 0 Å². The second-order valence-corrected chi connectivity index (χ2v) is 7.87. The van der Waals surface area contributed by atoms with E-state index in [0.717, 1.165) is 16.6 Å². The van der Waals surface area contributed by atoms with E-state index < -0.39 is 27.8 Å². The van der Waals surface area contributed by atoms with Gasteiger partial charge in [0.25, 0.3) is 0 Å². The van der Waals surface area contributed by atoms with E-state index in [1.807, 2.05) is 0 Å². The third kappa shape index (κ3) is 4.12. The molecule has 0 aliphatic heterocycles. The van der Waals surface area contributed by atoms with Gasteiger partial charge in [0.15, 0.2) is 0 Å². The van der Waals surface area contributed by atoms with Crippen LogP contribution in [0.3, 0.4) is 0 Å². The van der Waals surface area contributed by atoms with Crippen LogP contribution in [0.5, 0.6) is 0 Å². The highest BCUT2D eigenvalue weighted by atomic mass is 79.9. The molecular formula is C16H16BrFN2O3S. The van der Waals surface area contributed by atoms with Crippen LogP contribution in [0.4, 0.5) is 15.8 Å². The number of halogens is 2. The standard InChI is InChI=1S/C16H16BrFN2O3S/c1-11(16(21)19-14-9-5-3-7-12(14)17)20(24(2,22)23)15-10-6-4-8-13(15)18/h3-11H,1-2H3,(H,19,21). The molecule has 0 aliphatic rings. The van der Waals surface area contributed by atoms with Crippen LogP contribution in [-0.2, 0) is 14.8 Å². The molecule has 0 aromatic heterocycles. The number of anilines is 2. The molecule has 1 unspecified atom stereocenters. The maximum absolute atomic E-state index is 14.0. The molecule has 0 saturated heterocycles. The summed E-state index contributed by atoms with van der Waals surface area (Å²) in [5.74, 6) is -1.29. The first-order valence-corrected chi connectivity index (χ1v) is 9.65. The van der Waals surface area contributed by atoms with Crippen molar-refractivity contribution in [1.29, 1.82) is 0 Å². The van der Waals surface area contributed by atoms with Crippen LogP contribution in [-0.4, -0.2) is 26.6 Å². The number of hydrogen-bond acceptors (Lipinski definition) is 3. The Balaban J connectivity index is 2.36. The second kappa shape index (κ2) is 7.31. The highest BCUT2D eigenvalue weighted by Crippen LogP contribution is 2.26. The van der Waals surface area contributed by atoms with Crippen molar-refractivity contribution < 1.29 is 17.6 Å². The van der Waals surface area contributed by atoms with E-state index in [0.29, 0.717) is 10.2 Å². The molecule has 8 heteroatoms. The van der Waals surface area contributed by atoms with Crippen LogP contribution < -0.4 is 9.62 Å². The minimum Gasteiger partial charge on any atom is -0.323 e. The van der Waals surface area contributed by atoms with E-state index in [-0.39, 0.29) is 5.69 Å². The lowest BCUT2D eigenvalue weighted by Crippen LogP contribution is -2.45. The summed E-state index contributed by atoms with van der Waals surface area (Å²) >= 11 is 3.30. The molecule has 2 aromatic rings. The van der Waals surface area contributed by atoms with E-state index in [1.54, 1.807) is 24.3 Å². The molecule has 5 nitrogen and oxygen atoms in total. The Morgan fingerprint density at radius 2 is 1.75 bits per heavy atom. The predicted molar refractivity (Wildman–Crippen MR) is 96.0 cm³/mol. The van der Waals surface area contributed by atoms with Gasteiger partial charge in [-0.15, -0.1) is 0 Å². The quantitative estimate of drug-likeness (QED) is 0.815. The molecule has 1 N–H and O–H groups in total. The summed E-state index contributed by atoms with van der Waals surface area (Å²) in [6.45, 7) is 1.40. The largest absolute Gasteiger partial charge is 0.323 e. The van der Waals surface area contributed by atoms with E-state index >= 15 is 0 Å². The topological polar surface area (TPSA) is 66.5 Å². The molecule has 0 heterocycles. The maximum atomic E-state index is 14.0. The highest BCUT2D eigenvalue weighted by molar-refractivity contribution is 9.10. The van der Waals surface area contributed by atoms with Crippen LogP contribution in [0.25, 0.3) is 0 Å². The van der Waals surface area contributed by atoms with Gasteiger partial charge in [-0.1, -0.05) is 24.3 Å². The molecule has 0 aliphatic carbocycles. The highest BCUT2D eigenvalue weighted by Gasteiger charge is 2.31. The molecule has 0 saturated carbocycles. The number of nitrogens with one attached hydrogen (secondary N) is 1. The molecule has 2 rings (SSSR count). The van der Waals surface area contributed by atoms with Gasteiger partial charge >= 0.3 is 0 Å². The first-order valence-electron chi connectivity index (χ1n) is 7.01. The van der Waals surface area contributed by atoms with Crippen molar-refractivity contribution in [2.45, 2.75) is 13.0 Å². The fourth-order valence-corrected chi connectivity index (χ4v) is 3.77. The maximum Gasteiger partial charge on any atom is 0.248 e. The van der Waals surface area contributed by atoms with Gasteiger partial charge in [-0.25, -0.2) is 12.8 Å². The van der Waals surface area contributed by atoms with Crippen molar-refractivity contribution in [3.8, 4) is 0 Å². The van der Waals surface area contributed by atoms with E-state index in [4.69, 9.17) is 0 Å². The minimum atomic E-state index is -3.87. The zero-order valence-electron chi connectivity index (χ0n) is 13.0. The molecule has 2 aromatic carbocycles. The third-order valence-electron chi connectivity index (χ3n) is 3.31. The number of para-hydroxylation sites is 2. The Labute approximate surface area is 148 Å². The number of hydrogen-bond donors (Lipinski definition) is 1. The van der Waals surface area contributed by atoms with Crippen LogP contribution in [0, 0.1) is 5.82 Å². The number of carbonyl (C=O) groups is 1. The Morgan fingerprint density at radius 3 is 2.33 bits per heavy atom. The average Bonchev–Trinajstić information content (AvgIpc) is 2.50. The molecular weight excluding hydrogens is 399 g/mol. The Kier molecular flexibility index (Phi) is 5.61. The Bertz CT molecular complexity index is 858. The number of benzene rings is 2. The number of amides is 1. The van der Waals surface area contributed by atoms with Crippen LogP contribution >= 0.6 is 15.9 Å². The smallest absolute Gasteiger partial charge is 0.248 e. The van der Waals surface area contributed by atoms with Crippen molar-refractivity contribution in [2.24, 2.45) is 0 Å². The fraction of sp³-hybridized carbons (Fsp3) is 0.188. The van der Waals surface area contributed by atoms with Crippen molar-refractivity contribution in [1.82, 2.24) is 0 Å². The van der Waals surface area contributed by atoms with Crippen LogP contribution in [0.1, 0.15) is 6.92 Å². The summed E-state index contributed by atoms with van der Waals surface area (Å²) in [6, 6.07) is 11.2. The minimum absolute atomic E-state index is 0.172. The molecule has 24 heavy (non-hydrogen) atoms. The monoisotopic (exact) mass is 414 g/mol. The van der Waals surface area contributed by atoms with Crippen LogP contribution in [0.2, 0.25) is 0 Å². The van der Waals surface area contributed by atoms with Crippen molar-refractivity contribution in [3.05, 3.63) is 58.8 Å². The van der Waals surface area contributed by atoms with Gasteiger partial charge in [0.2, 0.25) is 15.9 Å². The van der Waals surface area contributed by atoms with Gasteiger partial charge in [0.1, 0.15) is 11.9 Å². The molecule has 0 radical (unpaired) electrons. The lowest BCUT2D eigenvalue weighted by atomic mass is 10.2. The van der Waals surface area contributed by atoms with Crippen molar-refractivity contribution >= 4 is 43.2 Å². The molecule has 128 valence electrons. The van der Waals surface area contributed by atoms with Gasteiger partial charge in [0, 0.05) is 4.47 Å². The second-order valence-electron chi connectivity index (χ2n) is 5.16. The van der Waals surface area contributed by atoms with E-state index in [2.05, 4.69) is 21.2 Å². The fourth-order valence-electron chi connectivity index (χ4n) is 2.21. The van der Waals surface area contributed by atoms with Crippen molar-refractivity contribution in [2.75, 3.05) is 15.9 Å². The summed E-state index contributed by atoms with van der Waals surface area (Å²) in [4.78, 5) is 12.5. The Hall–Kier alpha value is -1.93. The summed E-state index contributed by atoms with van der Waals surface area (Å²) < 4.78 is 39.7. The first-order chi connectivity index (χ1) is 11.2. The number of rotatable bonds is 5. The summed E-state index contributed by atoms with van der Waals surface area (Å²) in [5.41, 5.74) is 0.325. The van der Waals surface area contributed by atoms with Gasteiger partial charge in [-0.05, 0) is 47.1 Å². The normalized spacial score (nSPS) is 12.5. The molecule has 0 spiro atoms. The molecule has 0 bridgehead atoms. The van der Waals surface area contributed by atoms with Gasteiger partial charge in [-0.2, -0.15) is 0 Å². The van der Waals surface area contributed by atoms with E-state index in [9.17, 15) is 17.6 Å². The molecule has 1 amide bonds. The molecule has 0 fully saturated rings.